The van der Waals surface area contributed by atoms with Crippen LogP contribution < -0.4 is 4.72 Å². The Morgan fingerprint density at radius 1 is 1.22 bits per heavy atom. The van der Waals surface area contributed by atoms with E-state index in [0.29, 0.717) is 0 Å². The van der Waals surface area contributed by atoms with Gasteiger partial charge in [0.15, 0.2) is 0 Å². The summed E-state index contributed by atoms with van der Waals surface area (Å²) in [6.07, 6.45) is 2.82. The van der Waals surface area contributed by atoms with Crippen molar-refractivity contribution in [1.82, 2.24) is 9.97 Å². The fraction of sp³-hybridized carbons (Fsp3) is 0. The Hall–Kier alpha value is -1.18. The summed E-state index contributed by atoms with van der Waals surface area (Å²) in [5.41, 5.74) is 0. The van der Waals surface area contributed by atoms with Crippen LogP contribution >= 0.6 is 27.5 Å². The summed E-state index contributed by atoms with van der Waals surface area (Å²) in [6, 6.07) is 5.85. The molecule has 0 spiro atoms. The van der Waals surface area contributed by atoms with Crippen molar-refractivity contribution in [3.8, 4) is 0 Å². The second-order valence-corrected chi connectivity index (χ2v) is 6.27. The first-order valence-electron chi connectivity index (χ1n) is 4.73. The van der Waals surface area contributed by atoms with E-state index < -0.39 is 10.0 Å². The van der Waals surface area contributed by atoms with E-state index in [9.17, 15) is 8.42 Å². The summed E-state index contributed by atoms with van der Waals surface area (Å²) < 4.78 is 27.1. The summed E-state index contributed by atoms with van der Waals surface area (Å²) >= 11 is 8.86. The van der Waals surface area contributed by atoms with Gasteiger partial charge >= 0.3 is 0 Å². The minimum absolute atomic E-state index is 0.0345. The third-order valence-electron chi connectivity index (χ3n) is 1.97. The zero-order valence-corrected chi connectivity index (χ0v) is 12.0. The average Bonchev–Trinajstić information content (AvgIpc) is 2.32. The molecule has 94 valence electrons. The highest BCUT2D eigenvalue weighted by Gasteiger charge is 2.15. The summed E-state index contributed by atoms with van der Waals surface area (Å²) in [4.78, 5) is 7.68. The number of halogens is 2. The van der Waals surface area contributed by atoms with Crippen molar-refractivity contribution in [2.45, 2.75) is 4.90 Å². The predicted molar refractivity (Wildman–Crippen MR) is 72.0 cm³/mol. The Balaban J connectivity index is 2.30. The van der Waals surface area contributed by atoms with E-state index in [-0.39, 0.29) is 15.9 Å². The van der Waals surface area contributed by atoms with Crippen molar-refractivity contribution in [3.05, 3.63) is 46.3 Å². The Bertz CT molecular complexity index is 661. The Labute approximate surface area is 117 Å². The predicted octanol–water partition coefficient (Wildman–Crippen LogP) is 2.69. The molecule has 2 aromatic rings. The van der Waals surface area contributed by atoms with Crippen LogP contribution in [0.3, 0.4) is 0 Å². The number of sulfonamides is 1. The van der Waals surface area contributed by atoms with Crippen molar-refractivity contribution in [3.63, 3.8) is 0 Å². The van der Waals surface area contributed by atoms with Gasteiger partial charge in [-0.1, -0.05) is 11.6 Å². The molecule has 0 aliphatic rings. The minimum atomic E-state index is -3.70. The quantitative estimate of drug-likeness (QED) is 0.866. The normalized spacial score (nSPS) is 11.2. The second kappa shape index (κ2) is 5.21. The molecule has 2 rings (SSSR count). The van der Waals surface area contributed by atoms with Gasteiger partial charge in [-0.2, -0.15) is 0 Å². The van der Waals surface area contributed by atoms with Gasteiger partial charge in [-0.15, -0.1) is 0 Å². The third-order valence-corrected chi connectivity index (χ3v) is 4.00. The Kier molecular flexibility index (Phi) is 3.84. The molecule has 2 heterocycles. The number of nitrogens with zero attached hydrogens (tertiary/aromatic N) is 2. The maximum atomic E-state index is 12.0. The van der Waals surface area contributed by atoms with Crippen LogP contribution in [0.1, 0.15) is 0 Å². The van der Waals surface area contributed by atoms with Crippen molar-refractivity contribution >= 4 is 43.4 Å². The highest BCUT2D eigenvalue weighted by Crippen LogP contribution is 2.17. The number of pyridine rings is 2. The standard InChI is InChI=1S/C10H7BrClN3O2S/c11-7-1-2-10(14-6-7)15-18(16,17)8-3-4-13-9(12)5-8/h1-6H,(H,14,15). The maximum Gasteiger partial charge on any atom is 0.263 e. The number of nitrogens with one attached hydrogen (secondary N) is 1. The van der Waals surface area contributed by atoms with Crippen molar-refractivity contribution in [1.29, 1.82) is 0 Å². The van der Waals surface area contributed by atoms with E-state index in [0.717, 1.165) is 4.47 Å². The van der Waals surface area contributed by atoms with Crippen LogP contribution in [0.25, 0.3) is 0 Å². The molecule has 0 atom stereocenters. The first-order valence-corrected chi connectivity index (χ1v) is 7.39. The summed E-state index contributed by atoms with van der Waals surface area (Å²) in [6.45, 7) is 0. The van der Waals surface area contributed by atoms with Gasteiger partial charge in [-0.25, -0.2) is 18.4 Å². The first-order chi connectivity index (χ1) is 8.47. The van der Waals surface area contributed by atoms with Gasteiger partial charge < -0.3 is 0 Å². The molecule has 0 radical (unpaired) electrons. The second-order valence-electron chi connectivity index (χ2n) is 3.28. The lowest BCUT2D eigenvalue weighted by atomic mass is 10.5. The number of rotatable bonds is 3. The largest absolute Gasteiger partial charge is 0.263 e. The third kappa shape index (κ3) is 3.18. The molecule has 0 aliphatic carbocycles. The van der Waals surface area contributed by atoms with E-state index in [1.54, 1.807) is 12.1 Å². The Morgan fingerprint density at radius 3 is 2.61 bits per heavy atom. The van der Waals surface area contributed by atoms with E-state index in [2.05, 4.69) is 30.6 Å². The molecule has 0 fully saturated rings. The van der Waals surface area contributed by atoms with Gasteiger partial charge in [-0.3, -0.25) is 4.72 Å². The van der Waals surface area contributed by atoms with Crippen LogP contribution in [0, 0.1) is 0 Å². The van der Waals surface area contributed by atoms with Crippen LogP contribution in [0.5, 0.6) is 0 Å². The summed E-state index contributed by atoms with van der Waals surface area (Å²) in [7, 11) is -3.70. The molecule has 0 aliphatic heterocycles. The molecule has 0 aromatic carbocycles. The Morgan fingerprint density at radius 2 is 2.00 bits per heavy atom. The topological polar surface area (TPSA) is 72.0 Å². The fourth-order valence-corrected chi connectivity index (χ4v) is 2.68. The van der Waals surface area contributed by atoms with E-state index in [4.69, 9.17) is 11.6 Å². The van der Waals surface area contributed by atoms with E-state index in [1.165, 1.54) is 24.5 Å². The van der Waals surface area contributed by atoms with Gasteiger partial charge in [0.25, 0.3) is 10.0 Å². The summed E-state index contributed by atoms with van der Waals surface area (Å²) in [5, 5.41) is 0.113. The number of anilines is 1. The van der Waals surface area contributed by atoms with E-state index in [1.807, 2.05) is 0 Å². The minimum Gasteiger partial charge on any atom is -0.263 e. The molecule has 1 N–H and O–H groups in total. The molecule has 0 amide bonds. The number of hydrogen-bond donors (Lipinski definition) is 1. The van der Waals surface area contributed by atoms with Gasteiger partial charge in [0, 0.05) is 16.9 Å². The first kappa shape index (κ1) is 13.3. The highest BCUT2D eigenvalue weighted by atomic mass is 79.9. The van der Waals surface area contributed by atoms with Gasteiger partial charge in [-0.05, 0) is 40.2 Å². The van der Waals surface area contributed by atoms with Crippen molar-refractivity contribution < 1.29 is 8.42 Å². The van der Waals surface area contributed by atoms with Crippen LogP contribution in [0.15, 0.2) is 46.0 Å². The fourth-order valence-electron chi connectivity index (χ4n) is 1.18. The molecule has 0 bridgehead atoms. The highest BCUT2D eigenvalue weighted by molar-refractivity contribution is 9.10. The average molecular weight is 349 g/mol. The van der Waals surface area contributed by atoms with Crippen molar-refractivity contribution in [2.24, 2.45) is 0 Å². The smallest absolute Gasteiger partial charge is 0.263 e. The van der Waals surface area contributed by atoms with Crippen LogP contribution in [-0.2, 0) is 10.0 Å². The van der Waals surface area contributed by atoms with Gasteiger partial charge in [0.05, 0.1) is 4.90 Å². The lowest BCUT2D eigenvalue weighted by Gasteiger charge is -2.07. The SMILES string of the molecule is O=S(=O)(Nc1ccc(Br)cn1)c1ccnc(Cl)c1. The van der Waals surface area contributed by atoms with Crippen LogP contribution in [-0.4, -0.2) is 18.4 Å². The van der Waals surface area contributed by atoms with Crippen LogP contribution in [0.2, 0.25) is 5.15 Å². The number of hydrogen-bond acceptors (Lipinski definition) is 4. The number of aromatic nitrogens is 2. The molecule has 0 saturated heterocycles. The lowest BCUT2D eigenvalue weighted by Crippen LogP contribution is -2.13. The molecular weight excluding hydrogens is 342 g/mol. The zero-order chi connectivity index (χ0) is 13.2. The van der Waals surface area contributed by atoms with Gasteiger partial charge in [0.1, 0.15) is 11.0 Å². The molecule has 8 heteroatoms. The molecule has 0 saturated carbocycles. The summed E-state index contributed by atoms with van der Waals surface area (Å²) in [5.74, 6) is 0.228. The molecule has 0 unspecified atom stereocenters. The zero-order valence-electron chi connectivity index (χ0n) is 8.84. The molecule has 5 nitrogen and oxygen atoms in total. The van der Waals surface area contributed by atoms with Crippen LogP contribution in [0.4, 0.5) is 5.82 Å². The maximum absolute atomic E-state index is 12.0. The van der Waals surface area contributed by atoms with Gasteiger partial charge in [0.2, 0.25) is 0 Å². The lowest BCUT2D eigenvalue weighted by molar-refractivity contribution is 0.601. The molecule has 18 heavy (non-hydrogen) atoms. The van der Waals surface area contributed by atoms with E-state index >= 15 is 0 Å². The molecular formula is C10H7BrClN3O2S. The monoisotopic (exact) mass is 347 g/mol. The van der Waals surface area contributed by atoms with Crippen molar-refractivity contribution in [2.75, 3.05) is 4.72 Å². The molecule has 2 aromatic heterocycles.